The highest BCUT2D eigenvalue weighted by Crippen LogP contribution is 1.90. The van der Waals surface area contributed by atoms with E-state index in [2.05, 4.69) is 29.5 Å². The van der Waals surface area contributed by atoms with E-state index in [4.69, 9.17) is 4.55 Å². The van der Waals surface area contributed by atoms with Crippen LogP contribution in [0.1, 0.15) is 6.92 Å². The minimum atomic E-state index is -1.96. The van der Waals surface area contributed by atoms with Gasteiger partial charge in [0, 0.05) is 0 Å². The molecular formula is C7H6O2S. The molecular weight excluding hydrogens is 148 g/mol. The minimum Gasteiger partial charge on any atom is -0.302 e. The van der Waals surface area contributed by atoms with E-state index in [0.29, 0.717) is 0 Å². The van der Waals surface area contributed by atoms with Gasteiger partial charge in [0.05, 0.1) is 4.91 Å². The Morgan fingerprint density at radius 2 is 2.20 bits per heavy atom. The average molecular weight is 154 g/mol. The molecule has 2 nitrogen and oxygen atoms in total. The molecule has 0 aliphatic carbocycles. The third-order valence-electron chi connectivity index (χ3n) is 0.651. The SMILES string of the molecule is C=C=C=C=C=C(C)S(=O)O. The Hall–Kier alpha value is -1.03. The molecule has 10 heavy (non-hydrogen) atoms. The number of hydrogen-bond donors (Lipinski definition) is 1. The Bertz CT molecular complexity index is 292. The monoisotopic (exact) mass is 154 g/mol. The molecule has 52 valence electrons. The Morgan fingerprint density at radius 3 is 2.60 bits per heavy atom. The van der Waals surface area contributed by atoms with Gasteiger partial charge in [-0.25, -0.2) is 4.21 Å². The standard InChI is InChI=1S/C7H6O2S/c1-3-4-5-6-7(2)10(8)9/h1H2,2H3,(H,8,9). The van der Waals surface area contributed by atoms with E-state index in [1.54, 1.807) is 0 Å². The number of rotatable bonds is 1. The molecule has 0 amide bonds. The van der Waals surface area contributed by atoms with Crippen LogP contribution in [0.3, 0.4) is 0 Å². The first kappa shape index (κ1) is 8.97. The van der Waals surface area contributed by atoms with Gasteiger partial charge in [0.15, 0.2) is 11.1 Å². The summed E-state index contributed by atoms with van der Waals surface area (Å²) < 4.78 is 18.6. The van der Waals surface area contributed by atoms with Crippen molar-refractivity contribution in [3.63, 3.8) is 0 Å². The fourth-order valence-electron chi connectivity index (χ4n) is 0.207. The van der Waals surface area contributed by atoms with Crippen molar-refractivity contribution in [2.24, 2.45) is 0 Å². The van der Waals surface area contributed by atoms with Crippen molar-refractivity contribution in [3.8, 4) is 0 Å². The highest BCUT2D eigenvalue weighted by Gasteiger charge is 1.90. The van der Waals surface area contributed by atoms with Crippen LogP contribution in [0.2, 0.25) is 0 Å². The largest absolute Gasteiger partial charge is 0.302 e. The van der Waals surface area contributed by atoms with Crippen molar-refractivity contribution < 1.29 is 8.76 Å². The second-order valence-electron chi connectivity index (χ2n) is 1.36. The van der Waals surface area contributed by atoms with E-state index in [1.165, 1.54) is 6.92 Å². The zero-order valence-corrected chi connectivity index (χ0v) is 6.29. The maximum absolute atomic E-state index is 10.2. The topological polar surface area (TPSA) is 37.3 Å². The molecule has 0 spiro atoms. The van der Waals surface area contributed by atoms with Crippen LogP contribution in [0.4, 0.5) is 0 Å². The van der Waals surface area contributed by atoms with Crippen molar-refractivity contribution >= 4 is 11.1 Å². The van der Waals surface area contributed by atoms with Crippen LogP contribution < -0.4 is 0 Å². The second kappa shape index (κ2) is 4.81. The van der Waals surface area contributed by atoms with E-state index in [0.717, 1.165) is 0 Å². The van der Waals surface area contributed by atoms with E-state index in [1.807, 2.05) is 0 Å². The molecule has 3 heteroatoms. The van der Waals surface area contributed by atoms with Crippen LogP contribution >= 0.6 is 0 Å². The molecule has 0 heterocycles. The molecule has 0 saturated carbocycles. The van der Waals surface area contributed by atoms with Crippen LogP contribution in [0.25, 0.3) is 0 Å². The summed E-state index contributed by atoms with van der Waals surface area (Å²) in [5.74, 6) is 0. The summed E-state index contributed by atoms with van der Waals surface area (Å²) in [4.78, 5) is 0.197. The Kier molecular flexibility index (Phi) is 4.32. The lowest BCUT2D eigenvalue weighted by Crippen LogP contribution is -1.83. The summed E-state index contributed by atoms with van der Waals surface area (Å²) in [5.41, 5.74) is 9.38. The van der Waals surface area contributed by atoms with Crippen LogP contribution in [-0.2, 0) is 11.1 Å². The van der Waals surface area contributed by atoms with Crippen LogP contribution in [0, 0.1) is 0 Å². The predicted molar refractivity (Wildman–Crippen MR) is 39.6 cm³/mol. The summed E-state index contributed by atoms with van der Waals surface area (Å²) in [7, 11) is 0. The smallest absolute Gasteiger partial charge is 0.190 e. The first-order valence-corrected chi connectivity index (χ1v) is 3.51. The average Bonchev–Trinajstić information content (AvgIpc) is 1.88. The molecule has 1 N–H and O–H groups in total. The molecule has 0 aliphatic heterocycles. The van der Waals surface area contributed by atoms with Gasteiger partial charge in [0.1, 0.15) is 0 Å². The van der Waals surface area contributed by atoms with Crippen molar-refractivity contribution in [2.45, 2.75) is 6.92 Å². The zero-order valence-electron chi connectivity index (χ0n) is 5.47. The molecule has 0 aromatic carbocycles. The van der Waals surface area contributed by atoms with Gasteiger partial charge in [0.2, 0.25) is 0 Å². The Balaban J connectivity index is 4.97. The van der Waals surface area contributed by atoms with Gasteiger partial charge >= 0.3 is 0 Å². The zero-order chi connectivity index (χ0) is 7.98. The van der Waals surface area contributed by atoms with Gasteiger partial charge in [0.25, 0.3) is 0 Å². The van der Waals surface area contributed by atoms with Gasteiger partial charge in [-0.05, 0) is 30.7 Å². The first-order valence-electron chi connectivity index (χ1n) is 2.41. The van der Waals surface area contributed by atoms with Crippen molar-refractivity contribution in [2.75, 3.05) is 0 Å². The normalized spacial score (nSPS) is 9.80. The molecule has 0 aromatic rings. The second-order valence-corrected chi connectivity index (χ2v) is 2.47. The lowest BCUT2D eigenvalue weighted by atomic mass is 10.6. The summed E-state index contributed by atoms with van der Waals surface area (Å²) in [5, 5.41) is 0. The lowest BCUT2D eigenvalue weighted by Gasteiger charge is -1.81. The van der Waals surface area contributed by atoms with Crippen LogP contribution in [-0.4, -0.2) is 8.76 Å². The molecule has 0 rings (SSSR count). The highest BCUT2D eigenvalue weighted by atomic mass is 32.2. The number of hydrogen-bond acceptors (Lipinski definition) is 1. The Morgan fingerprint density at radius 1 is 1.60 bits per heavy atom. The highest BCUT2D eigenvalue weighted by molar-refractivity contribution is 7.83. The van der Waals surface area contributed by atoms with Gasteiger partial charge in [-0.2, -0.15) is 0 Å². The van der Waals surface area contributed by atoms with Gasteiger partial charge in [-0.1, -0.05) is 5.73 Å². The molecule has 0 aliphatic rings. The molecule has 1 atom stereocenters. The maximum Gasteiger partial charge on any atom is 0.190 e. The van der Waals surface area contributed by atoms with E-state index in [9.17, 15) is 4.21 Å². The van der Waals surface area contributed by atoms with E-state index in [-0.39, 0.29) is 4.91 Å². The minimum absolute atomic E-state index is 0.197. The summed E-state index contributed by atoms with van der Waals surface area (Å²) in [6.45, 7) is 4.68. The quantitative estimate of drug-likeness (QED) is 0.457. The van der Waals surface area contributed by atoms with Gasteiger partial charge < -0.3 is 4.55 Å². The molecule has 0 radical (unpaired) electrons. The van der Waals surface area contributed by atoms with E-state index >= 15 is 0 Å². The van der Waals surface area contributed by atoms with Crippen LogP contribution in [0.15, 0.2) is 34.4 Å². The van der Waals surface area contributed by atoms with Crippen LogP contribution in [0.5, 0.6) is 0 Å². The predicted octanol–water partition coefficient (Wildman–Crippen LogP) is 1.36. The van der Waals surface area contributed by atoms with Crippen molar-refractivity contribution in [3.05, 3.63) is 34.4 Å². The molecule has 1 unspecified atom stereocenters. The van der Waals surface area contributed by atoms with Crippen molar-refractivity contribution in [1.82, 2.24) is 0 Å². The summed E-state index contributed by atoms with van der Waals surface area (Å²) in [6, 6.07) is 0. The lowest BCUT2D eigenvalue weighted by molar-refractivity contribution is 0.571. The summed E-state index contributed by atoms with van der Waals surface area (Å²) in [6.07, 6.45) is 0. The summed E-state index contributed by atoms with van der Waals surface area (Å²) >= 11 is -1.96. The van der Waals surface area contributed by atoms with Gasteiger partial charge in [-0.3, -0.25) is 0 Å². The first-order chi connectivity index (χ1) is 4.68. The fraction of sp³-hybridized carbons (Fsp3) is 0.143. The molecule has 0 bridgehead atoms. The van der Waals surface area contributed by atoms with E-state index < -0.39 is 11.1 Å². The molecule has 0 aromatic heterocycles. The number of allylic oxidation sites excluding steroid dienone is 1. The van der Waals surface area contributed by atoms with Gasteiger partial charge in [-0.15, -0.1) is 0 Å². The maximum atomic E-state index is 10.2. The molecule has 0 fully saturated rings. The molecule has 0 saturated heterocycles. The fourth-order valence-corrected chi connectivity index (χ4v) is 0.345. The third kappa shape index (κ3) is 3.91. The van der Waals surface area contributed by atoms with Crippen molar-refractivity contribution in [1.29, 1.82) is 0 Å². The Labute approximate surface area is 61.9 Å². The third-order valence-corrected chi connectivity index (χ3v) is 1.28.